The van der Waals surface area contributed by atoms with Crippen LogP contribution >= 0.6 is 11.6 Å². The third-order valence-corrected chi connectivity index (χ3v) is 5.11. The van der Waals surface area contributed by atoms with Gasteiger partial charge in [0.2, 0.25) is 5.91 Å². The Morgan fingerprint density at radius 2 is 1.93 bits per heavy atom. The lowest BCUT2D eigenvalue weighted by atomic mass is 10.1. The van der Waals surface area contributed by atoms with E-state index in [0.717, 1.165) is 10.1 Å². The van der Waals surface area contributed by atoms with E-state index < -0.39 is 11.2 Å². The monoisotopic (exact) mass is 403 g/mol. The second-order valence-corrected chi connectivity index (χ2v) is 7.14. The van der Waals surface area contributed by atoms with Gasteiger partial charge in [-0.2, -0.15) is 0 Å². The van der Waals surface area contributed by atoms with Gasteiger partial charge in [0, 0.05) is 32.1 Å². The van der Waals surface area contributed by atoms with E-state index >= 15 is 0 Å². The fourth-order valence-electron chi connectivity index (χ4n) is 3.19. The van der Waals surface area contributed by atoms with Crippen LogP contribution in [0.5, 0.6) is 0 Å². The molecule has 3 aromatic rings. The normalized spacial score (nSPS) is 12.3. The molecule has 0 aliphatic heterocycles. The Morgan fingerprint density at radius 1 is 1.21 bits per heavy atom. The highest BCUT2D eigenvalue weighted by Crippen LogP contribution is 2.22. The summed E-state index contributed by atoms with van der Waals surface area (Å²) in [6.45, 7) is 2.32. The largest absolute Gasteiger partial charge is 0.350 e. The number of rotatable bonds is 6. The summed E-state index contributed by atoms with van der Waals surface area (Å²) in [6.07, 6.45) is 2.34. The molecule has 9 heteroatoms. The molecule has 1 atom stereocenters. The van der Waals surface area contributed by atoms with Gasteiger partial charge >= 0.3 is 5.69 Å². The number of carbonyl (C=O) groups is 1. The first-order valence-electron chi connectivity index (χ1n) is 8.96. The molecular formula is C19H22ClN5O3. The molecule has 1 unspecified atom stereocenters. The lowest BCUT2D eigenvalue weighted by Gasteiger charge is -2.15. The summed E-state index contributed by atoms with van der Waals surface area (Å²) < 4.78 is 4.08. The molecule has 0 spiro atoms. The summed E-state index contributed by atoms with van der Waals surface area (Å²) in [6, 6.07) is 7.19. The van der Waals surface area contributed by atoms with Gasteiger partial charge in [0.05, 0.1) is 12.4 Å². The number of amides is 1. The minimum absolute atomic E-state index is 0.0999. The van der Waals surface area contributed by atoms with Crippen LogP contribution in [0.2, 0.25) is 5.02 Å². The first-order valence-corrected chi connectivity index (χ1v) is 9.33. The first kappa shape index (κ1) is 19.9. The second kappa shape index (κ2) is 8.02. The molecule has 0 fully saturated rings. The number of hydrogen-bond acceptors (Lipinski definition) is 4. The maximum atomic E-state index is 12.4. The van der Waals surface area contributed by atoms with Crippen molar-refractivity contribution in [3.63, 3.8) is 0 Å². The van der Waals surface area contributed by atoms with Crippen LogP contribution in [0.25, 0.3) is 11.2 Å². The molecule has 8 nitrogen and oxygen atoms in total. The zero-order chi connectivity index (χ0) is 20.4. The lowest BCUT2D eigenvalue weighted by Crippen LogP contribution is -2.37. The average molecular weight is 404 g/mol. The Kier molecular flexibility index (Phi) is 5.69. The van der Waals surface area contributed by atoms with Gasteiger partial charge in [-0.05, 0) is 25.0 Å². The summed E-state index contributed by atoms with van der Waals surface area (Å²) in [7, 11) is 3.01. The molecule has 0 aliphatic rings. The highest BCUT2D eigenvalue weighted by atomic mass is 35.5. The molecule has 2 heterocycles. The van der Waals surface area contributed by atoms with Crippen molar-refractivity contribution in [2.24, 2.45) is 14.1 Å². The van der Waals surface area contributed by atoms with E-state index in [4.69, 9.17) is 11.6 Å². The zero-order valence-electron chi connectivity index (χ0n) is 16.0. The van der Waals surface area contributed by atoms with Crippen molar-refractivity contribution < 1.29 is 4.79 Å². The number of benzene rings is 1. The smallest absolute Gasteiger partial charge is 0.332 e. The Labute approximate surface area is 166 Å². The molecule has 0 aliphatic carbocycles. The number of halogens is 1. The molecule has 0 saturated heterocycles. The van der Waals surface area contributed by atoms with Crippen LogP contribution in [-0.2, 0) is 25.4 Å². The number of nitrogens with one attached hydrogen (secondary N) is 1. The summed E-state index contributed by atoms with van der Waals surface area (Å²) in [5, 5.41) is 3.54. The van der Waals surface area contributed by atoms with Crippen LogP contribution in [0.15, 0.2) is 40.2 Å². The molecule has 28 heavy (non-hydrogen) atoms. The average Bonchev–Trinajstić information content (AvgIpc) is 3.09. The lowest BCUT2D eigenvalue weighted by molar-refractivity contribution is -0.121. The van der Waals surface area contributed by atoms with E-state index in [9.17, 15) is 14.4 Å². The maximum Gasteiger partial charge on any atom is 0.332 e. The zero-order valence-corrected chi connectivity index (χ0v) is 16.7. The quantitative estimate of drug-likeness (QED) is 0.678. The first-order chi connectivity index (χ1) is 13.3. The van der Waals surface area contributed by atoms with Gasteiger partial charge in [-0.1, -0.05) is 29.8 Å². The minimum atomic E-state index is -0.421. The van der Waals surface area contributed by atoms with Crippen molar-refractivity contribution in [3.8, 4) is 0 Å². The van der Waals surface area contributed by atoms with Crippen molar-refractivity contribution in [2.75, 3.05) is 0 Å². The number of imidazole rings is 1. The van der Waals surface area contributed by atoms with E-state index in [1.54, 1.807) is 17.7 Å². The van der Waals surface area contributed by atoms with Crippen molar-refractivity contribution in [2.45, 2.75) is 32.4 Å². The van der Waals surface area contributed by atoms with Gasteiger partial charge in [0.25, 0.3) is 5.56 Å². The van der Waals surface area contributed by atoms with Crippen molar-refractivity contribution in [1.29, 1.82) is 0 Å². The third kappa shape index (κ3) is 3.73. The summed E-state index contributed by atoms with van der Waals surface area (Å²) in [5.74, 6) is -0.0999. The minimum Gasteiger partial charge on any atom is -0.350 e. The molecule has 1 N–H and O–H groups in total. The fourth-order valence-corrected chi connectivity index (χ4v) is 3.49. The van der Waals surface area contributed by atoms with Crippen molar-refractivity contribution >= 4 is 28.7 Å². The predicted molar refractivity (Wildman–Crippen MR) is 107 cm³/mol. The number of fused-ring (bicyclic) bond motifs is 1. The van der Waals surface area contributed by atoms with Crippen LogP contribution < -0.4 is 16.6 Å². The Hall–Kier alpha value is -2.87. The van der Waals surface area contributed by atoms with E-state index in [1.807, 2.05) is 25.1 Å². The number of hydrogen-bond donors (Lipinski definition) is 1. The molecule has 1 aromatic carbocycles. The Morgan fingerprint density at radius 3 is 2.64 bits per heavy atom. The standard InChI is InChI=1S/C19H22ClN5O3/c1-12(13-7-4-5-8-14(13)20)22-15(26)9-6-10-25-11-21-17-16(25)18(27)24(3)19(28)23(17)2/h4-5,7-8,11-12H,6,9-10H2,1-3H3,(H,22,26). The Balaban J connectivity index is 1.66. The van der Waals surface area contributed by atoms with E-state index in [-0.39, 0.29) is 11.9 Å². The molecule has 1 amide bonds. The summed E-state index contributed by atoms with van der Waals surface area (Å²) in [5.41, 5.74) is 0.741. The number of aryl methyl sites for hydroxylation is 2. The molecule has 3 rings (SSSR count). The maximum absolute atomic E-state index is 12.4. The van der Waals surface area contributed by atoms with Gasteiger partial charge in [-0.25, -0.2) is 9.78 Å². The number of aromatic nitrogens is 4. The Bertz CT molecular complexity index is 1140. The van der Waals surface area contributed by atoms with E-state index in [2.05, 4.69) is 10.3 Å². The molecule has 0 bridgehead atoms. The number of nitrogens with zero attached hydrogens (tertiary/aromatic N) is 4. The fraction of sp³-hybridized carbons (Fsp3) is 0.368. The van der Waals surface area contributed by atoms with Crippen LogP contribution in [0.3, 0.4) is 0 Å². The molecule has 0 radical (unpaired) electrons. The predicted octanol–water partition coefficient (Wildman–Crippen LogP) is 1.74. The molecular weight excluding hydrogens is 382 g/mol. The van der Waals surface area contributed by atoms with Gasteiger partial charge in [-0.3, -0.25) is 18.7 Å². The molecule has 148 valence electrons. The molecule has 2 aromatic heterocycles. The van der Waals surface area contributed by atoms with E-state index in [0.29, 0.717) is 35.6 Å². The SMILES string of the molecule is CC(NC(=O)CCCn1cnc2c1c(=O)n(C)c(=O)n2C)c1ccccc1Cl. The van der Waals surface area contributed by atoms with Crippen LogP contribution in [0.1, 0.15) is 31.4 Å². The van der Waals surface area contributed by atoms with Crippen LogP contribution in [0, 0.1) is 0 Å². The van der Waals surface area contributed by atoms with Gasteiger partial charge in [0.1, 0.15) is 0 Å². The summed E-state index contributed by atoms with van der Waals surface area (Å²) in [4.78, 5) is 40.8. The van der Waals surface area contributed by atoms with Crippen LogP contribution in [-0.4, -0.2) is 24.6 Å². The topological polar surface area (TPSA) is 90.9 Å². The van der Waals surface area contributed by atoms with Crippen LogP contribution in [0.4, 0.5) is 0 Å². The summed E-state index contributed by atoms with van der Waals surface area (Å²) >= 11 is 6.16. The van der Waals surface area contributed by atoms with Gasteiger partial charge in [0.15, 0.2) is 11.2 Å². The third-order valence-electron chi connectivity index (χ3n) is 4.77. The van der Waals surface area contributed by atoms with Crippen molar-refractivity contribution in [3.05, 3.63) is 62.0 Å². The highest BCUT2D eigenvalue weighted by molar-refractivity contribution is 6.31. The molecule has 0 saturated carbocycles. The van der Waals surface area contributed by atoms with Gasteiger partial charge < -0.3 is 9.88 Å². The van der Waals surface area contributed by atoms with Gasteiger partial charge in [-0.15, -0.1) is 0 Å². The van der Waals surface area contributed by atoms with E-state index in [1.165, 1.54) is 17.9 Å². The second-order valence-electron chi connectivity index (χ2n) is 6.73. The highest BCUT2D eigenvalue weighted by Gasteiger charge is 2.15. The van der Waals surface area contributed by atoms with Crippen molar-refractivity contribution in [1.82, 2.24) is 24.0 Å². The number of carbonyl (C=O) groups excluding carboxylic acids is 1.